The van der Waals surface area contributed by atoms with Crippen molar-refractivity contribution in [2.45, 2.75) is 20.3 Å². The molecule has 1 N–H and O–H groups in total. The number of fused-ring (bicyclic) bond motifs is 1. The Balaban J connectivity index is 1.37. The number of benzene rings is 3. The highest BCUT2D eigenvalue weighted by molar-refractivity contribution is 7.21. The molecular formula is C30H27F2NO4S. The first-order valence-corrected chi connectivity index (χ1v) is 13.1. The summed E-state index contributed by atoms with van der Waals surface area (Å²) >= 11 is 1.22. The summed E-state index contributed by atoms with van der Waals surface area (Å²) < 4.78 is 39.3. The molecule has 5 nitrogen and oxygen atoms in total. The molecule has 8 heteroatoms. The van der Waals surface area contributed by atoms with E-state index in [1.54, 1.807) is 56.3 Å². The molecular weight excluding hydrogens is 508 g/mol. The molecule has 1 aliphatic rings. The van der Waals surface area contributed by atoms with Crippen LogP contribution in [0.2, 0.25) is 0 Å². The number of nitrogens with zero attached hydrogens (tertiary/aromatic N) is 1. The van der Waals surface area contributed by atoms with Gasteiger partial charge in [-0.2, -0.15) is 0 Å². The molecule has 1 aromatic heterocycles. The third-order valence-corrected chi connectivity index (χ3v) is 7.74. The van der Waals surface area contributed by atoms with Crippen molar-refractivity contribution in [3.63, 3.8) is 0 Å². The van der Waals surface area contributed by atoms with Crippen molar-refractivity contribution in [2.75, 3.05) is 26.2 Å². The van der Waals surface area contributed by atoms with Gasteiger partial charge in [0.2, 0.25) is 5.78 Å². The lowest BCUT2D eigenvalue weighted by atomic mass is 9.97. The van der Waals surface area contributed by atoms with E-state index in [2.05, 4.69) is 4.90 Å². The number of phenols is 1. The number of aromatic hydroxyl groups is 1. The Kier molecular flexibility index (Phi) is 7.44. The number of aryl methyl sites for hydroxylation is 2. The van der Waals surface area contributed by atoms with Crippen molar-refractivity contribution in [1.82, 2.24) is 4.90 Å². The van der Waals surface area contributed by atoms with Crippen LogP contribution in [0.5, 0.6) is 23.0 Å². The van der Waals surface area contributed by atoms with Crippen LogP contribution in [0, 0.1) is 19.7 Å². The zero-order valence-corrected chi connectivity index (χ0v) is 21.9. The second kappa shape index (κ2) is 10.9. The summed E-state index contributed by atoms with van der Waals surface area (Å²) in [7, 11) is 0. The summed E-state index contributed by atoms with van der Waals surface area (Å²) in [5.74, 6) is 1.01. The number of hydrogen-bond acceptors (Lipinski definition) is 6. The molecule has 4 aromatic rings. The Bertz CT molecular complexity index is 1500. The monoisotopic (exact) mass is 535 g/mol. The Morgan fingerprint density at radius 2 is 1.79 bits per heavy atom. The predicted octanol–water partition coefficient (Wildman–Crippen LogP) is 7.32. The van der Waals surface area contributed by atoms with Gasteiger partial charge < -0.3 is 14.6 Å². The van der Waals surface area contributed by atoms with E-state index in [-0.39, 0.29) is 11.5 Å². The lowest BCUT2D eigenvalue weighted by molar-refractivity contribution is 0.103. The van der Waals surface area contributed by atoms with Crippen LogP contribution in [0.1, 0.15) is 32.8 Å². The van der Waals surface area contributed by atoms with Gasteiger partial charge in [-0.05, 0) is 91.6 Å². The standard InChI is InChI=1S/C30H27F2NO4S/c1-18-13-21(32)14-19(2)27(18)28(35)30-29(25-8-3-22(34)15-26(25)38-30)37-24-6-4-23(5-7-24)36-12-11-33-10-9-20(16-31)17-33/h3-8,13-16,34H,9-12,17H2,1-2H3/b20-16-. The van der Waals surface area contributed by atoms with Gasteiger partial charge in [0, 0.05) is 35.3 Å². The molecule has 1 saturated heterocycles. The van der Waals surface area contributed by atoms with Gasteiger partial charge in [-0.25, -0.2) is 8.78 Å². The first kappa shape index (κ1) is 25.9. The number of halogens is 2. The SMILES string of the molecule is Cc1cc(F)cc(C)c1C(=O)c1sc2cc(O)ccc2c1Oc1ccc(OCCN2CC/C(=C/F)C2)cc1. The largest absolute Gasteiger partial charge is 0.508 e. The number of carbonyl (C=O) groups excluding carboxylic acids is 1. The molecule has 0 radical (unpaired) electrons. The number of rotatable bonds is 8. The molecule has 1 aliphatic heterocycles. The summed E-state index contributed by atoms with van der Waals surface area (Å²) in [6.45, 7) is 6.07. The van der Waals surface area contributed by atoms with E-state index < -0.39 is 5.82 Å². The Morgan fingerprint density at radius 3 is 2.47 bits per heavy atom. The summed E-state index contributed by atoms with van der Waals surface area (Å²) in [6.07, 6.45) is 1.45. The maximum absolute atomic E-state index is 13.9. The minimum Gasteiger partial charge on any atom is -0.508 e. The van der Waals surface area contributed by atoms with Crippen LogP contribution in [0.15, 0.2) is 66.5 Å². The first-order chi connectivity index (χ1) is 18.3. The Morgan fingerprint density at radius 1 is 1.08 bits per heavy atom. The third-order valence-electron chi connectivity index (χ3n) is 6.61. The van der Waals surface area contributed by atoms with Crippen LogP contribution in [-0.4, -0.2) is 42.0 Å². The van der Waals surface area contributed by atoms with Gasteiger partial charge in [0.25, 0.3) is 0 Å². The predicted molar refractivity (Wildman–Crippen MR) is 145 cm³/mol. The fourth-order valence-electron chi connectivity index (χ4n) is 4.74. The van der Waals surface area contributed by atoms with Gasteiger partial charge in [-0.3, -0.25) is 9.69 Å². The Hall–Kier alpha value is -3.75. The molecule has 0 saturated carbocycles. The fraction of sp³-hybridized carbons (Fsp3) is 0.233. The van der Waals surface area contributed by atoms with Crippen LogP contribution >= 0.6 is 11.3 Å². The molecule has 0 aliphatic carbocycles. The molecule has 3 aromatic carbocycles. The zero-order chi connectivity index (χ0) is 26.8. The van der Waals surface area contributed by atoms with Crippen molar-refractivity contribution in [3.05, 3.63) is 93.9 Å². The van der Waals surface area contributed by atoms with Crippen molar-refractivity contribution >= 4 is 27.2 Å². The molecule has 5 rings (SSSR count). The van der Waals surface area contributed by atoms with Crippen LogP contribution in [0.4, 0.5) is 8.78 Å². The van der Waals surface area contributed by atoms with Crippen LogP contribution in [0.3, 0.4) is 0 Å². The average molecular weight is 536 g/mol. The van der Waals surface area contributed by atoms with E-state index in [9.17, 15) is 18.7 Å². The summed E-state index contributed by atoms with van der Waals surface area (Å²) in [5.41, 5.74) is 2.34. The van der Waals surface area contributed by atoms with E-state index in [0.717, 1.165) is 18.5 Å². The van der Waals surface area contributed by atoms with Crippen molar-refractivity contribution in [3.8, 4) is 23.0 Å². The van der Waals surface area contributed by atoms with E-state index >= 15 is 0 Å². The maximum atomic E-state index is 13.9. The van der Waals surface area contributed by atoms with Gasteiger partial charge in [0.15, 0.2) is 5.75 Å². The molecule has 1 fully saturated rings. The van der Waals surface area contributed by atoms with Gasteiger partial charge in [0.1, 0.15) is 34.5 Å². The van der Waals surface area contributed by atoms with Gasteiger partial charge in [-0.15, -0.1) is 11.3 Å². The van der Waals surface area contributed by atoms with Crippen molar-refractivity contribution < 1.29 is 28.2 Å². The third kappa shape index (κ3) is 5.42. The summed E-state index contributed by atoms with van der Waals surface area (Å²) in [6, 6.07) is 14.7. The molecule has 2 heterocycles. The van der Waals surface area contributed by atoms with Crippen LogP contribution in [0.25, 0.3) is 10.1 Å². The number of likely N-dealkylation sites (tertiary alicyclic amines) is 1. The first-order valence-electron chi connectivity index (χ1n) is 12.3. The van der Waals surface area contributed by atoms with Crippen molar-refractivity contribution in [1.29, 1.82) is 0 Å². The molecule has 0 bridgehead atoms. The fourth-order valence-corrected chi connectivity index (χ4v) is 5.85. The smallest absolute Gasteiger partial charge is 0.207 e. The molecule has 0 spiro atoms. The van der Waals surface area contributed by atoms with Gasteiger partial charge in [-0.1, -0.05) is 0 Å². The van der Waals surface area contributed by atoms with E-state index in [1.165, 1.54) is 23.5 Å². The number of hydrogen-bond donors (Lipinski definition) is 1. The topological polar surface area (TPSA) is 59.0 Å². The van der Waals surface area contributed by atoms with Crippen LogP contribution in [-0.2, 0) is 0 Å². The highest BCUT2D eigenvalue weighted by Gasteiger charge is 2.25. The highest BCUT2D eigenvalue weighted by Crippen LogP contribution is 2.43. The lowest BCUT2D eigenvalue weighted by Gasteiger charge is -2.15. The van der Waals surface area contributed by atoms with E-state index in [1.807, 2.05) is 0 Å². The average Bonchev–Trinajstić information content (AvgIpc) is 3.48. The van der Waals surface area contributed by atoms with E-state index in [0.29, 0.717) is 74.9 Å². The Labute approximate surface area is 223 Å². The van der Waals surface area contributed by atoms with Crippen molar-refractivity contribution in [2.24, 2.45) is 0 Å². The summed E-state index contributed by atoms with van der Waals surface area (Å²) in [4.78, 5) is 16.2. The highest BCUT2D eigenvalue weighted by atomic mass is 32.1. The van der Waals surface area contributed by atoms with Crippen LogP contribution < -0.4 is 9.47 Å². The van der Waals surface area contributed by atoms with Gasteiger partial charge in [0.05, 0.1) is 6.33 Å². The normalized spacial score (nSPS) is 14.9. The number of phenolic OH excluding ortho intramolecular Hbond substituents is 1. The maximum Gasteiger partial charge on any atom is 0.207 e. The molecule has 196 valence electrons. The number of thiophene rings is 1. The second-order valence-corrected chi connectivity index (χ2v) is 10.5. The minimum absolute atomic E-state index is 0.0887. The quantitative estimate of drug-likeness (QED) is 0.240. The second-order valence-electron chi connectivity index (χ2n) is 9.40. The van der Waals surface area contributed by atoms with Gasteiger partial charge >= 0.3 is 0 Å². The van der Waals surface area contributed by atoms with E-state index in [4.69, 9.17) is 9.47 Å². The molecule has 0 unspecified atom stereocenters. The molecule has 0 atom stereocenters. The summed E-state index contributed by atoms with van der Waals surface area (Å²) in [5, 5.41) is 10.7. The minimum atomic E-state index is -0.390. The number of ether oxygens (including phenoxy) is 2. The lowest BCUT2D eigenvalue weighted by Crippen LogP contribution is -2.25. The molecule has 38 heavy (non-hydrogen) atoms. The number of ketones is 1. The zero-order valence-electron chi connectivity index (χ0n) is 21.1. The molecule has 0 amide bonds. The number of carbonyl (C=O) groups is 1.